The van der Waals surface area contributed by atoms with Crippen molar-refractivity contribution in [2.75, 3.05) is 13.1 Å². The normalized spacial score (nSPS) is 22.4. The highest BCUT2D eigenvalue weighted by molar-refractivity contribution is 6.45. The van der Waals surface area contributed by atoms with E-state index in [1.165, 1.54) is 11.3 Å². The second-order valence-corrected chi connectivity index (χ2v) is 5.49. The van der Waals surface area contributed by atoms with Gasteiger partial charge in [0, 0.05) is 18.3 Å². The molecule has 98 valence electrons. The summed E-state index contributed by atoms with van der Waals surface area (Å²) in [6.45, 7) is 6.34. The number of hydrogen-bond acceptors (Lipinski definition) is 4. The molecule has 6 heteroatoms. The van der Waals surface area contributed by atoms with Crippen molar-refractivity contribution in [2.24, 2.45) is 7.05 Å². The third kappa shape index (κ3) is 1.63. The predicted octanol–water partition coefficient (Wildman–Crippen LogP) is 0.660. The molecule has 3 rings (SSSR count). The monoisotopic (exact) mass is 249 g/mol. The van der Waals surface area contributed by atoms with Gasteiger partial charge < -0.3 is 14.6 Å². The summed E-state index contributed by atoms with van der Waals surface area (Å²) in [6.07, 6.45) is 1.84. The maximum Gasteiger partial charge on any atom is 0.376 e. The lowest BCUT2D eigenvalue weighted by Crippen LogP contribution is -2.48. The van der Waals surface area contributed by atoms with Crippen LogP contribution in [0.5, 0.6) is 0 Å². The molecule has 1 fully saturated rings. The zero-order valence-electron chi connectivity index (χ0n) is 11.3. The third-order valence-electron chi connectivity index (χ3n) is 4.52. The number of aromatic nitrogens is 2. The number of piperidine rings is 1. The van der Waals surface area contributed by atoms with E-state index in [9.17, 15) is 5.02 Å². The van der Waals surface area contributed by atoms with Crippen LogP contribution in [0.15, 0.2) is 0 Å². The number of fused-ring (bicyclic) bond motifs is 2. The summed E-state index contributed by atoms with van der Waals surface area (Å²) in [6, 6.07) is 0. The molecule has 1 N–H and O–H groups in total. The van der Waals surface area contributed by atoms with Gasteiger partial charge in [-0.05, 0) is 39.7 Å². The first-order valence-electron chi connectivity index (χ1n) is 6.62. The van der Waals surface area contributed by atoms with E-state index in [-0.39, 0.29) is 12.7 Å². The predicted molar refractivity (Wildman–Crippen MR) is 69.1 cm³/mol. The van der Waals surface area contributed by atoms with E-state index < -0.39 is 0 Å². The fourth-order valence-electron chi connectivity index (χ4n) is 3.11. The van der Waals surface area contributed by atoms with Crippen molar-refractivity contribution in [3.8, 4) is 0 Å². The number of hydrogen-bond donors (Lipinski definition) is 1. The Morgan fingerprint density at radius 2 is 2.06 bits per heavy atom. The molecule has 1 saturated heterocycles. The number of ether oxygens (including phenoxy) is 1. The molecule has 1 spiro atoms. The first-order valence-corrected chi connectivity index (χ1v) is 6.62. The highest BCUT2D eigenvalue weighted by Crippen LogP contribution is 2.44. The van der Waals surface area contributed by atoms with Crippen molar-refractivity contribution in [2.45, 2.75) is 38.8 Å². The molecule has 0 saturated carbocycles. The maximum absolute atomic E-state index is 9.62. The van der Waals surface area contributed by atoms with E-state index in [1.54, 1.807) is 0 Å². The molecule has 1 aromatic heterocycles. The van der Waals surface area contributed by atoms with Crippen LogP contribution in [0.2, 0.25) is 6.82 Å². The average molecular weight is 249 g/mol. The Morgan fingerprint density at radius 1 is 1.39 bits per heavy atom. The Balaban J connectivity index is 1.86. The molecule has 2 aliphatic heterocycles. The van der Waals surface area contributed by atoms with Crippen LogP contribution in [0.25, 0.3) is 0 Å². The van der Waals surface area contributed by atoms with Gasteiger partial charge in [0.15, 0.2) is 0 Å². The number of nitrogens with zero attached hydrogens (tertiary/aromatic N) is 3. The first-order chi connectivity index (χ1) is 8.53. The van der Waals surface area contributed by atoms with E-state index in [0.29, 0.717) is 6.61 Å². The minimum absolute atomic E-state index is 0.202. The van der Waals surface area contributed by atoms with Gasteiger partial charge in [-0.15, -0.1) is 0 Å². The van der Waals surface area contributed by atoms with Crippen molar-refractivity contribution in [3.05, 3.63) is 17.0 Å². The Hall–Kier alpha value is -0.845. The molecule has 0 amide bonds. The van der Waals surface area contributed by atoms with E-state index in [4.69, 9.17) is 4.74 Å². The Labute approximate surface area is 108 Å². The van der Waals surface area contributed by atoms with Crippen LogP contribution in [0.4, 0.5) is 0 Å². The van der Waals surface area contributed by atoms with Gasteiger partial charge in [0.25, 0.3) is 0 Å². The second-order valence-electron chi connectivity index (χ2n) is 5.49. The number of rotatable bonds is 1. The Bertz CT molecular complexity index is 464. The van der Waals surface area contributed by atoms with Gasteiger partial charge in [-0.3, -0.25) is 4.68 Å². The molecule has 3 heterocycles. The minimum atomic E-state index is -0.367. The molecule has 0 aromatic carbocycles. The van der Waals surface area contributed by atoms with Gasteiger partial charge in [-0.25, -0.2) is 0 Å². The molecule has 0 aliphatic carbocycles. The molecule has 2 aliphatic rings. The van der Waals surface area contributed by atoms with Crippen LogP contribution in [0.1, 0.15) is 29.8 Å². The molecule has 0 unspecified atom stereocenters. The van der Waals surface area contributed by atoms with Crippen LogP contribution < -0.4 is 0 Å². The lowest BCUT2D eigenvalue weighted by molar-refractivity contribution is -0.0742. The Kier molecular flexibility index (Phi) is 2.77. The zero-order valence-corrected chi connectivity index (χ0v) is 11.3. The SMILES string of the molecule is CB(O)N1CCC2(CC1)OCc1c2nn(C)c1C. The highest BCUT2D eigenvalue weighted by atomic mass is 16.5. The summed E-state index contributed by atoms with van der Waals surface area (Å²) in [7, 11) is 1.63. The smallest absolute Gasteiger partial charge is 0.376 e. The zero-order chi connectivity index (χ0) is 12.9. The van der Waals surface area contributed by atoms with Gasteiger partial charge in [-0.1, -0.05) is 0 Å². The average Bonchev–Trinajstić information content (AvgIpc) is 2.82. The van der Waals surface area contributed by atoms with Crippen molar-refractivity contribution in [1.29, 1.82) is 0 Å². The highest BCUT2D eigenvalue weighted by Gasteiger charge is 2.46. The van der Waals surface area contributed by atoms with Crippen molar-refractivity contribution >= 4 is 7.05 Å². The van der Waals surface area contributed by atoms with Gasteiger partial charge >= 0.3 is 7.05 Å². The topological polar surface area (TPSA) is 50.5 Å². The van der Waals surface area contributed by atoms with Crippen molar-refractivity contribution < 1.29 is 9.76 Å². The fourth-order valence-corrected chi connectivity index (χ4v) is 3.11. The molecular weight excluding hydrogens is 229 g/mol. The largest absolute Gasteiger partial charge is 0.437 e. The summed E-state index contributed by atoms with van der Waals surface area (Å²) >= 11 is 0. The lowest BCUT2D eigenvalue weighted by atomic mass is 9.78. The molecule has 0 radical (unpaired) electrons. The maximum atomic E-state index is 9.62. The fraction of sp³-hybridized carbons (Fsp3) is 0.750. The van der Waals surface area contributed by atoms with Crippen LogP contribution >= 0.6 is 0 Å². The van der Waals surface area contributed by atoms with Gasteiger partial charge in [0.2, 0.25) is 0 Å². The minimum Gasteiger partial charge on any atom is -0.437 e. The van der Waals surface area contributed by atoms with Crippen LogP contribution in [-0.4, -0.2) is 39.8 Å². The van der Waals surface area contributed by atoms with E-state index in [1.807, 2.05) is 18.6 Å². The second kappa shape index (κ2) is 4.08. The van der Waals surface area contributed by atoms with E-state index >= 15 is 0 Å². The van der Waals surface area contributed by atoms with E-state index in [0.717, 1.165) is 31.6 Å². The summed E-state index contributed by atoms with van der Waals surface area (Å²) < 4.78 is 8.03. The van der Waals surface area contributed by atoms with Crippen molar-refractivity contribution in [1.82, 2.24) is 14.6 Å². The molecular formula is C12H20BN3O2. The Morgan fingerprint density at radius 3 is 2.67 bits per heavy atom. The lowest BCUT2D eigenvalue weighted by Gasteiger charge is -2.38. The quantitative estimate of drug-likeness (QED) is 0.743. The van der Waals surface area contributed by atoms with E-state index in [2.05, 4.69) is 16.8 Å². The van der Waals surface area contributed by atoms with Gasteiger partial charge in [-0.2, -0.15) is 5.10 Å². The van der Waals surface area contributed by atoms with Gasteiger partial charge in [0.1, 0.15) is 11.3 Å². The number of aryl methyl sites for hydroxylation is 1. The summed E-state index contributed by atoms with van der Waals surface area (Å²) in [5.74, 6) is 0. The molecule has 0 atom stereocenters. The van der Waals surface area contributed by atoms with Gasteiger partial charge in [0.05, 0.1) is 6.61 Å². The molecule has 5 nitrogen and oxygen atoms in total. The molecule has 18 heavy (non-hydrogen) atoms. The first kappa shape index (κ1) is 12.2. The standard InChI is InChI=1S/C12H20BN3O2/c1-9-10-8-18-12(11(10)14-15(9)3)4-6-16(7-5-12)13(2)17/h17H,4-8H2,1-3H3. The third-order valence-corrected chi connectivity index (χ3v) is 4.52. The molecule has 0 bridgehead atoms. The van der Waals surface area contributed by atoms with Crippen LogP contribution in [0.3, 0.4) is 0 Å². The summed E-state index contributed by atoms with van der Waals surface area (Å²) in [5, 5.41) is 14.3. The summed E-state index contributed by atoms with van der Waals surface area (Å²) in [4.78, 5) is 2.09. The summed E-state index contributed by atoms with van der Waals surface area (Å²) in [5.41, 5.74) is 3.41. The molecule has 1 aromatic rings. The van der Waals surface area contributed by atoms with Crippen molar-refractivity contribution in [3.63, 3.8) is 0 Å². The van der Waals surface area contributed by atoms with Crippen LogP contribution in [0, 0.1) is 6.92 Å². The van der Waals surface area contributed by atoms with Crippen LogP contribution in [-0.2, 0) is 24.0 Å².